The van der Waals surface area contributed by atoms with Gasteiger partial charge in [-0.2, -0.15) is 0 Å². The van der Waals surface area contributed by atoms with E-state index in [0.29, 0.717) is 6.61 Å². The molecule has 2 aromatic carbocycles. The second-order valence-corrected chi connectivity index (χ2v) is 7.01. The number of rotatable bonds is 8. The monoisotopic (exact) mass is 410 g/mol. The number of hydrogen-bond acceptors (Lipinski definition) is 6. The standard InChI is InChI=1S/C24H26O6/c1-17(25)27-16-23-22(29-18(2)26)13-14-24(30-23)28-15-21(19-9-5-3-6-10-19)20-11-7-4-8-12-20/h3-14,21-24H,15-16H2,1-2H3/t22-,23+,24-/m0/s1. The molecule has 6 nitrogen and oxygen atoms in total. The van der Waals surface area contributed by atoms with Gasteiger partial charge in [0.1, 0.15) is 18.8 Å². The maximum Gasteiger partial charge on any atom is 0.303 e. The second kappa shape index (κ2) is 10.7. The zero-order valence-corrected chi connectivity index (χ0v) is 17.1. The SMILES string of the molecule is CC(=O)OC[C@H]1O[C@H](OCC(c2ccccc2)c2ccccc2)C=C[C@@H]1OC(C)=O. The first-order chi connectivity index (χ1) is 14.5. The summed E-state index contributed by atoms with van der Waals surface area (Å²) in [5, 5.41) is 0. The second-order valence-electron chi connectivity index (χ2n) is 7.01. The van der Waals surface area contributed by atoms with Crippen LogP contribution in [0.3, 0.4) is 0 Å². The van der Waals surface area contributed by atoms with E-state index in [1.54, 1.807) is 12.2 Å². The van der Waals surface area contributed by atoms with Crippen molar-refractivity contribution in [1.29, 1.82) is 0 Å². The van der Waals surface area contributed by atoms with E-state index in [0.717, 1.165) is 11.1 Å². The number of hydrogen-bond donors (Lipinski definition) is 0. The molecule has 0 saturated carbocycles. The number of ether oxygens (including phenoxy) is 4. The Morgan fingerprint density at radius 2 is 1.50 bits per heavy atom. The first kappa shape index (κ1) is 21.7. The van der Waals surface area contributed by atoms with Crippen molar-refractivity contribution in [3.63, 3.8) is 0 Å². The van der Waals surface area contributed by atoms with Gasteiger partial charge in [0.15, 0.2) is 6.29 Å². The van der Waals surface area contributed by atoms with Crippen molar-refractivity contribution in [3.05, 3.63) is 83.9 Å². The van der Waals surface area contributed by atoms with E-state index < -0.39 is 30.4 Å². The van der Waals surface area contributed by atoms with Crippen molar-refractivity contribution in [1.82, 2.24) is 0 Å². The Bertz CT molecular complexity index is 809. The van der Waals surface area contributed by atoms with Crippen LogP contribution in [0.25, 0.3) is 0 Å². The molecule has 0 N–H and O–H groups in total. The van der Waals surface area contributed by atoms with Crippen LogP contribution >= 0.6 is 0 Å². The smallest absolute Gasteiger partial charge is 0.303 e. The van der Waals surface area contributed by atoms with Gasteiger partial charge in [-0.15, -0.1) is 0 Å². The van der Waals surface area contributed by atoms with E-state index in [1.165, 1.54) is 13.8 Å². The van der Waals surface area contributed by atoms with Gasteiger partial charge in [0.25, 0.3) is 0 Å². The Morgan fingerprint density at radius 1 is 0.900 bits per heavy atom. The van der Waals surface area contributed by atoms with Gasteiger partial charge >= 0.3 is 11.9 Å². The van der Waals surface area contributed by atoms with Gasteiger partial charge in [0, 0.05) is 19.8 Å². The van der Waals surface area contributed by atoms with Crippen molar-refractivity contribution in [2.45, 2.75) is 38.3 Å². The number of carbonyl (C=O) groups is 2. The quantitative estimate of drug-likeness (QED) is 0.489. The van der Waals surface area contributed by atoms with Crippen LogP contribution < -0.4 is 0 Å². The minimum atomic E-state index is -0.646. The Kier molecular flexibility index (Phi) is 7.76. The van der Waals surface area contributed by atoms with E-state index in [1.807, 2.05) is 36.4 Å². The van der Waals surface area contributed by atoms with Crippen molar-refractivity contribution in [2.75, 3.05) is 13.2 Å². The fourth-order valence-electron chi connectivity index (χ4n) is 3.30. The maximum absolute atomic E-state index is 11.4. The van der Waals surface area contributed by atoms with Crippen LogP contribution in [0, 0.1) is 0 Å². The van der Waals surface area contributed by atoms with Crippen molar-refractivity contribution >= 4 is 11.9 Å². The molecule has 0 amide bonds. The molecule has 0 radical (unpaired) electrons. The average molecular weight is 410 g/mol. The van der Waals surface area contributed by atoms with Crippen LogP contribution in [0.5, 0.6) is 0 Å². The summed E-state index contributed by atoms with van der Waals surface area (Å²) in [4.78, 5) is 22.5. The molecule has 0 fully saturated rings. The topological polar surface area (TPSA) is 71.1 Å². The fourth-order valence-corrected chi connectivity index (χ4v) is 3.30. The summed E-state index contributed by atoms with van der Waals surface area (Å²) in [7, 11) is 0. The van der Waals surface area contributed by atoms with Crippen LogP contribution in [-0.4, -0.2) is 43.7 Å². The van der Waals surface area contributed by atoms with Gasteiger partial charge in [-0.05, 0) is 23.3 Å². The van der Waals surface area contributed by atoms with Crippen LogP contribution in [0.4, 0.5) is 0 Å². The Morgan fingerprint density at radius 3 is 2.03 bits per heavy atom. The zero-order valence-electron chi connectivity index (χ0n) is 17.1. The summed E-state index contributed by atoms with van der Waals surface area (Å²) in [5.41, 5.74) is 2.27. The van der Waals surface area contributed by atoms with Crippen LogP contribution in [0.1, 0.15) is 30.9 Å². The molecule has 158 valence electrons. The number of benzene rings is 2. The molecule has 1 aliphatic rings. The van der Waals surface area contributed by atoms with Gasteiger partial charge in [-0.25, -0.2) is 0 Å². The Labute approximate surface area is 176 Å². The Balaban J connectivity index is 1.70. The maximum atomic E-state index is 11.4. The molecule has 0 saturated heterocycles. The molecule has 30 heavy (non-hydrogen) atoms. The predicted molar refractivity (Wildman–Crippen MR) is 111 cm³/mol. The first-order valence-corrected chi connectivity index (χ1v) is 9.89. The van der Waals surface area contributed by atoms with Crippen LogP contribution in [0.2, 0.25) is 0 Å². The minimum Gasteiger partial charge on any atom is -0.463 e. The molecular formula is C24H26O6. The van der Waals surface area contributed by atoms with E-state index >= 15 is 0 Å². The molecule has 0 bridgehead atoms. The largest absolute Gasteiger partial charge is 0.463 e. The highest BCUT2D eigenvalue weighted by atomic mass is 16.7. The third-order valence-electron chi connectivity index (χ3n) is 4.72. The van der Waals surface area contributed by atoms with E-state index in [4.69, 9.17) is 18.9 Å². The third-order valence-corrected chi connectivity index (χ3v) is 4.72. The summed E-state index contributed by atoms with van der Waals surface area (Å²) in [6.07, 6.45) is 1.50. The molecule has 6 heteroatoms. The molecule has 0 spiro atoms. The molecule has 2 aromatic rings. The van der Waals surface area contributed by atoms with Gasteiger partial charge in [-0.1, -0.05) is 60.7 Å². The zero-order chi connectivity index (χ0) is 21.3. The first-order valence-electron chi connectivity index (χ1n) is 9.89. The minimum absolute atomic E-state index is 0.0295. The lowest BCUT2D eigenvalue weighted by molar-refractivity contribution is -0.197. The fraction of sp³-hybridized carbons (Fsp3) is 0.333. The molecule has 3 atom stereocenters. The van der Waals surface area contributed by atoms with Gasteiger partial charge in [0.2, 0.25) is 0 Å². The summed E-state index contributed by atoms with van der Waals surface area (Å²) in [6, 6.07) is 20.2. The van der Waals surface area contributed by atoms with E-state index in [2.05, 4.69) is 24.3 Å². The van der Waals surface area contributed by atoms with Gasteiger partial charge in [-0.3, -0.25) is 9.59 Å². The van der Waals surface area contributed by atoms with Crippen molar-refractivity contribution in [2.24, 2.45) is 0 Å². The molecular weight excluding hydrogens is 384 g/mol. The molecule has 3 rings (SSSR count). The van der Waals surface area contributed by atoms with Gasteiger partial charge in [0.05, 0.1) is 6.61 Å². The molecule has 0 aliphatic carbocycles. The summed E-state index contributed by atoms with van der Waals surface area (Å²) in [5.74, 6) is -0.836. The van der Waals surface area contributed by atoms with E-state index in [-0.39, 0.29) is 12.5 Å². The number of esters is 2. The van der Waals surface area contributed by atoms with Crippen molar-refractivity contribution in [3.8, 4) is 0 Å². The normalized spacial score (nSPS) is 20.7. The lowest BCUT2D eigenvalue weighted by Crippen LogP contribution is -2.42. The van der Waals surface area contributed by atoms with Crippen molar-refractivity contribution < 1.29 is 28.5 Å². The molecule has 1 heterocycles. The predicted octanol–water partition coefficient (Wildman–Crippen LogP) is 3.61. The highest BCUT2D eigenvalue weighted by molar-refractivity contribution is 5.66. The van der Waals surface area contributed by atoms with E-state index in [9.17, 15) is 9.59 Å². The third kappa shape index (κ3) is 6.27. The lowest BCUT2D eigenvalue weighted by Gasteiger charge is -2.32. The molecule has 0 unspecified atom stereocenters. The van der Waals surface area contributed by atoms with Gasteiger partial charge < -0.3 is 18.9 Å². The molecule has 0 aromatic heterocycles. The lowest BCUT2D eigenvalue weighted by atomic mass is 9.92. The molecule has 1 aliphatic heterocycles. The number of carbonyl (C=O) groups excluding carboxylic acids is 2. The Hall–Kier alpha value is -2.96. The summed E-state index contributed by atoms with van der Waals surface area (Å²) < 4.78 is 22.3. The van der Waals surface area contributed by atoms with Crippen LogP contribution in [-0.2, 0) is 28.5 Å². The average Bonchev–Trinajstić information content (AvgIpc) is 2.75. The van der Waals surface area contributed by atoms with Crippen LogP contribution in [0.15, 0.2) is 72.8 Å². The highest BCUT2D eigenvalue weighted by Gasteiger charge is 2.31. The summed E-state index contributed by atoms with van der Waals surface area (Å²) in [6.45, 7) is 3.00. The highest BCUT2D eigenvalue weighted by Crippen LogP contribution is 2.26. The summed E-state index contributed by atoms with van der Waals surface area (Å²) >= 11 is 0.